The predicted octanol–water partition coefficient (Wildman–Crippen LogP) is 1.10. The maximum atomic E-state index is 13.4. The summed E-state index contributed by atoms with van der Waals surface area (Å²) in [7, 11) is 3.54. The topological polar surface area (TPSA) is 94.8 Å². The van der Waals surface area contributed by atoms with Crippen LogP contribution in [0.3, 0.4) is 0 Å². The molecule has 1 aromatic heterocycles. The Morgan fingerprint density at radius 3 is 2.71 bits per heavy atom. The second-order valence-electron chi connectivity index (χ2n) is 8.72. The Morgan fingerprint density at radius 2 is 2.07 bits per heavy atom. The number of urea groups is 1. The van der Waals surface area contributed by atoms with Gasteiger partial charge in [0, 0.05) is 59.7 Å². The molecule has 1 N–H and O–H groups in total. The minimum absolute atomic E-state index is 0.00118. The number of fused-ring (bicyclic) bond motifs is 1. The standard InChI is InChI=1S/C19H30N6O3/c1-13-21-22-17(28-13)25-11-15-10-24(18(27)23(2)3)8-4-7-19(15,12-25)16(26)20-9-14-5-6-14/h14-15H,4-12H2,1-3H3,(H,20,26)/t15-,19-/m0/s1. The maximum Gasteiger partial charge on any atom is 0.319 e. The van der Waals surface area contributed by atoms with Crippen LogP contribution in [0.4, 0.5) is 10.8 Å². The Balaban J connectivity index is 1.58. The number of carbonyl (C=O) groups is 2. The summed E-state index contributed by atoms with van der Waals surface area (Å²) >= 11 is 0. The summed E-state index contributed by atoms with van der Waals surface area (Å²) in [5.74, 6) is 1.29. The van der Waals surface area contributed by atoms with Crippen LogP contribution in [-0.4, -0.2) is 78.8 Å². The molecule has 9 nitrogen and oxygen atoms in total. The molecule has 9 heteroatoms. The van der Waals surface area contributed by atoms with E-state index in [1.807, 2.05) is 9.80 Å². The third-order valence-corrected chi connectivity index (χ3v) is 6.33. The summed E-state index contributed by atoms with van der Waals surface area (Å²) in [5, 5.41) is 11.3. The van der Waals surface area contributed by atoms with E-state index in [9.17, 15) is 9.59 Å². The molecule has 2 saturated heterocycles. The zero-order chi connectivity index (χ0) is 19.9. The number of aromatic nitrogens is 2. The Labute approximate surface area is 165 Å². The van der Waals surface area contributed by atoms with Crippen molar-refractivity contribution in [1.82, 2.24) is 25.3 Å². The maximum absolute atomic E-state index is 13.4. The SMILES string of the molecule is Cc1nnc(N2C[C@@H]3CN(C(=O)N(C)C)CCC[C@]3(C(=O)NCC3CC3)C2)o1. The Kier molecular flexibility index (Phi) is 4.93. The number of anilines is 1. The smallest absolute Gasteiger partial charge is 0.319 e. The number of hydrogen-bond donors (Lipinski definition) is 1. The fourth-order valence-corrected chi connectivity index (χ4v) is 4.56. The van der Waals surface area contributed by atoms with Crippen LogP contribution in [0.1, 0.15) is 31.6 Å². The van der Waals surface area contributed by atoms with Crippen LogP contribution in [0, 0.1) is 24.2 Å². The van der Waals surface area contributed by atoms with E-state index in [4.69, 9.17) is 4.42 Å². The van der Waals surface area contributed by atoms with Crippen molar-refractivity contribution in [3.8, 4) is 0 Å². The molecule has 4 rings (SSSR count). The number of hydrogen-bond acceptors (Lipinski definition) is 6. The van der Waals surface area contributed by atoms with Gasteiger partial charge < -0.3 is 24.4 Å². The lowest BCUT2D eigenvalue weighted by Gasteiger charge is -2.32. The molecule has 0 unspecified atom stereocenters. The van der Waals surface area contributed by atoms with Crippen molar-refractivity contribution in [3.63, 3.8) is 0 Å². The van der Waals surface area contributed by atoms with Crippen molar-refractivity contribution >= 4 is 18.0 Å². The van der Waals surface area contributed by atoms with E-state index in [0.29, 0.717) is 44.0 Å². The van der Waals surface area contributed by atoms with E-state index in [2.05, 4.69) is 15.5 Å². The van der Waals surface area contributed by atoms with Gasteiger partial charge in [-0.2, -0.15) is 0 Å². The Morgan fingerprint density at radius 1 is 1.29 bits per heavy atom. The van der Waals surface area contributed by atoms with Gasteiger partial charge >= 0.3 is 12.0 Å². The third-order valence-electron chi connectivity index (χ3n) is 6.33. The predicted molar refractivity (Wildman–Crippen MR) is 103 cm³/mol. The number of carbonyl (C=O) groups excluding carboxylic acids is 2. The van der Waals surface area contributed by atoms with E-state index >= 15 is 0 Å². The average Bonchev–Trinajstić information content (AvgIpc) is 3.33. The van der Waals surface area contributed by atoms with E-state index < -0.39 is 5.41 Å². The lowest BCUT2D eigenvalue weighted by Crippen LogP contribution is -2.49. The summed E-state index contributed by atoms with van der Waals surface area (Å²) in [5.41, 5.74) is -0.529. The van der Waals surface area contributed by atoms with Crippen LogP contribution < -0.4 is 10.2 Å². The summed E-state index contributed by atoms with van der Waals surface area (Å²) in [6.45, 7) is 4.96. The molecule has 3 aliphatic rings. The number of rotatable bonds is 4. The van der Waals surface area contributed by atoms with Crippen LogP contribution >= 0.6 is 0 Å². The zero-order valence-corrected chi connectivity index (χ0v) is 17.0. The molecule has 28 heavy (non-hydrogen) atoms. The third kappa shape index (κ3) is 3.54. The first kappa shape index (κ1) is 19.0. The minimum Gasteiger partial charge on any atom is -0.408 e. The first-order valence-corrected chi connectivity index (χ1v) is 10.2. The molecular formula is C19H30N6O3. The van der Waals surface area contributed by atoms with Crippen LogP contribution in [0.2, 0.25) is 0 Å². The molecular weight excluding hydrogens is 360 g/mol. The lowest BCUT2D eigenvalue weighted by atomic mass is 9.74. The summed E-state index contributed by atoms with van der Waals surface area (Å²) in [6, 6.07) is 0.465. The Hall–Kier alpha value is -2.32. The number of aryl methyl sites for hydroxylation is 1. The molecule has 0 radical (unpaired) electrons. The molecule has 3 fully saturated rings. The number of nitrogens with one attached hydrogen (secondary N) is 1. The van der Waals surface area contributed by atoms with Crippen LogP contribution in [-0.2, 0) is 4.79 Å². The highest BCUT2D eigenvalue weighted by Crippen LogP contribution is 2.44. The monoisotopic (exact) mass is 390 g/mol. The molecule has 154 valence electrons. The van der Waals surface area contributed by atoms with Crippen molar-refractivity contribution in [2.75, 3.05) is 51.7 Å². The van der Waals surface area contributed by atoms with Crippen molar-refractivity contribution < 1.29 is 14.0 Å². The van der Waals surface area contributed by atoms with Gasteiger partial charge in [-0.15, -0.1) is 5.10 Å². The quantitative estimate of drug-likeness (QED) is 0.827. The number of amides is 3. The van der Waals surface area contributed by atoms with Crippen molar-refractivity contribution in [2.45, 2.75) is 32.6 Å². The Bertz CT molecular complexity index is 746. The molecule has 1 aliphatic carbocycles. The van der Waals surface area contributed by atoms with Gasteiger partial charge in [-0.3, -0.25) is 4.79 Å². The van der Waals surface area contributed by atoms with Gasteiger partial charge in [-0.1, -0.05) is 5.10 Å². The molecule has 0 aromatic carbocycles. The van der Waals surface area contributed by atoms with E-state index in [-0.39, 0.29) is 17.9 Å². The van der Waals surface area contributed by atoms with Crippen LogP contribution in [0.25, 0.3) is 0 Å². The van der Waals surface area contributed by atoms with Crippen LogP contribution in [0.15, 0.2) is 4.42 Å². The molecule has 0 spiro atoms. The van der Waals surface area contributed by atoms with Crippen molar-refractivity contribution in [2.24, 2.45) is 17.3 Å². The molecule has 1 aromatic rings. The summed E-state index contributed by atoms with van der Waals surface area (Å²) in [6.07, 6.45) is 3.98. The van der Waals surface area contributed by atoms with E-state index in [0.717, 1.165) is 19.4 Å². The first-order valence-electron chi connectivity index (χ1n) is 10.2. The van der Waals surface area contributed by atoms with Gasteiger partial charge in [-0.05, 0) is 31.6 Å². The van der Waals surface area contributed by atoms with Crippen molar-refractivity contribution in [3.05, 3.63) is 5.89 Å². The highest BCUT2D eigenvalue weighted by atomic mass is 16.4. The normalized spacial score (nSPS) is 27.3. The molecule has 3 heterocycles. The van der Waals surface area contributed by atoms with Crippen molar-refractivity contribution in [1.29, 1.82) is 0 Å². The largest absolute Gasteiger partial charge is 0.408 e. The van der Waals surface area contributed by atoms with Gasteiger partial charge in [0.05, 0.1) is 5.41 Å². The van der Waals surface area contributed by atoms with E-state index in [1.54, 1.807) is 25.9 Å². The molecule has 2 aliphatic heterocycles. The van der Waals surface area contributed by atoms with Gasteiger partial charge in [-0.25, -0.2) is 4.79 Å². The fraction of sp³-hybridized carbons (Fsp3) is 0.789. The second-order valence-corrected chi connectivity index (χ2v) is 8.72. The minimum atomic E-state index is -0.529. The average molecular weight is 390 g/mol. The highest BCUT2D eigenvalue weighted by molar-refractivity contribution is 5.85. The summed E-state index contributed by atoms with van der Waals surface area (Å²) < 4.78 is 5.63. The first-order chi connectivity index (χ1) is 13.4. The number of likely N-dealkylation sites (tertiary alicyclic amines) is 1. The summed E-state index contributed by atoms with van der Waals surface area (Å²) in [4.78, 5) is 31.5. The number of nitrogens with zero attached hydrogens (tertiary/aromatic N) is 5. The lowest BCUT2D eigenvalue weighted by molar-refractivity contribution is -0.132. The molecule has 1 saturated carbocycles. The molecule has 0 bridgehead atoms. The fourth-order valence-electron chi connectivity index (χ4n) is 4.56. The van der Waals surface area contributed by atoms with Gasteiger partial charge in [0.25, 0.3) is 0 Å². The van der Waals surface area contributed by atoms with E-state index in [1.165, 1.54) is 12.8 Å². The molecule has 2 atom stereocenters. The second kappa shape index (κ2) is 7.25. The zero-order valence-electron chi connectivity index (χ0n) is 17.0. The van der Waals surface area contributed by atoms with Gasteiger partial charge in [0.2, 0.25) is 11.8 Å². The van der Waals surface area contributed by atoms with Gasteiger partial charge in [0.1, 0.15) is 0 Å². The highest BCUT2D eigenvalue weighted by Gasteiger charge is 2.54. The van der Waals surface area contributed by atoms with Crippen LogP contribution in [0.5, 0.6) is 0 Å². The van der Waals surface area contributed by atoms with Gasteiger partial charge in [0.15, 0.2) is 0 Å². The molecule has 3 amide bonds.